The van der Waals surface area contributed by atoms with Gasteiger partial charge in [-0.1, -0.05) is 25.4 Å². The molecule has 5 nitrogen and oxygen atoms in total. The molecule has 0 amide bonds. The van der Waals surface area contributed by atoms with Crippen molar-refractivity contribution in [3.8, 4) is 11.5 Å². The molecule has 0 saturated heterocycles. The van der Waals surface area contributed by atoms with Gasteiger partial charge in [0.05, 0.1) is 23.8 Å². The zero-order valence-corrected chi connectivity index (χ0v) is 21.4. The standard InChI is InChI=1S/C29H32ClN3O2/c1-4-33(5-2)17-18-14-26(21-8-6-7-9-22(21)29(18)34)32-28-23-12-10-19(30)15-27(23)31-25-13-11-20(35-3)16-24(25)28/h10-16,34H,4-9,17H2,1-3H3,(H,31,32). The van der Waals surface area contributed by atoms with Gasteiger partial charge < -0.3 is 15.2 Å². The Balaban J connectivity index is 1.72. The lowest BCUT2D eigenvalue weighted by Gasteiger charge is -2.26. The van der Waals surface area contributed by atoms with Crippen LogP contribution < -0.4 is 10.1 Å². The first-order chi connectivity index (χ1) is 17.0. The maximum Gasteiger partial charge on any atom is 0.123 e. The molecule has 2 N–H and O–H groups in total. The number of fused-ring (bicyclic) bond motifs is 3. The van der Waals surface area contributed by atoms with E-state index in [1.165, 1.54) is 5.56 Å². The molecule has 0 unspecified atom stereocenters. The molecule has 35 heavy (non-hydrogen) atoms. The van der Waals surface area contributed by atoms with Crippen LogP contribution in [-0.4, -0.2) is 35.2 Å². The van der Waals surface area contributed by atoms with Gasteiger partial charge in [0, 0.05) is 33.6 Å². The molecule has 1 aliphatic carbocycles. The summed E-state index contributed by atoms with van der Waals surface area (Å²) in [5.74, 6) is 1.25. The van der Waals surface area contributed by atoms with E-state index < -0.39 is 0 Å². The zero-order chi connectivity index (χ0) is 24.5. The van der Waals surface area contributed by atoms with Crippen molar-refractivity contribution in [1.29, 1.82) is 0 Å². The third-order valence-corrected chi connectivity index (χ3v) is 7.43. The molecule has 4 aromatic rings. The SMILES string of the molecule is CCN(CC)Cc1cc(Nc2c3ccc(Cl)cc3nc3ccc(OC)cc23)c2c(c1O)CCCC2. The van der Waals surface area contributed by atoms with E-state index in [-0.39, 0.29) is 0 Å². The number of aromatic hydroxyl groups is 1. The first-order valence-electron chi connectivity index (χ1n) is 12.4. The van der Waals surface area contributed by atoms with Gasteiger partial charge in [-0.05, 0) is 92.4 Å². The predicted octanol–water partition coefficient (Wildman–Crippen LogP) is 7.22. The smallest absolute Gasteiger partial charge is 0.123 e. The van der Waals surface area contributed by atoms with Crippen molar-refractivity contribution >= 4 is 44.8 Å². The van der Waals surface area contributed by atoms with Crippen molar-refractivity contribution in [2.75, 3.05) is 25.5 Å². The van der Waals surface area contributed by atoms with Crippen LogP contribution in [0.2, 0.25) is 5.02 Å². The van der Waals surface area contributed by atoms with Gasteiger partial charge >= 0.3 is 0 Å². The van der Waals surface area contributed by atoms with E-state index in [1.807, 2.05) is 36.4 Å². The number of phenolic OH excluding ortho intramolecular Hbond substituents is 1. The molecule has 1 aliphatic rings. The lowest BCUT2D eigenvalue weighted by atomic mass is 9.87. The number of aromatic nitrogens is 1. The minimum Gasteiger partial charge on any atom is -0.507 e. The van der Waals surface area contributed by atoms with Crippen LogP contribution in [0.3, 0.4) is 0 Å². The summed E-state index contributed by atoms with van der Waals surface area (Å²) in [6, 6.07) is 13.9. The third-order valence-electron chi connectivity index (χ3n) is 7.19. The van der Waals surface area contributed by atoms with Crippen molar-refractivity contribution in [3.63, 3.8) is 0 Å². The van der Waals surface area contributed by atoms with Crippen molar-refractivity contribution in [3.05, 3.63) is 64.2 Å². The van der Waals surface area contributed by atoms with Gasteiger partial charge in [0.1, 0.15) is 11.5 Å². The molecule has 0 fully saturated rings. The summed E-state index contributed by atoms with van der Waals surface area (Å²) in [7, 11) is 1.68. The van der Waals surface area contributed by atoms with E-state index in [0.29, 0.717) is 10.8 Å². The molecule has 182 valence electrons. The number of phenols is 1. The fraction of sp³-hybridized carbons (Fsp3) is 0.345. The van der Waals surface area contributed by atoms with Crippen LogP contribution in [0, 0.1) is 0 Å². The Bertz CT molecular complexity index is 1400. The Labute approximate surface area is 211 Å². The number of nitrogens with zero attached hydrogens (tertiary/aromatic N) is 2. The van der Waals surface area contributed by atoms with Crippen molar-refractivity contribution in [2.24, 2.45) is 0 Å². The number of methoxy groups -OCH3 is 1. The fourth-order valence-corrected chi connectivity index (χ4v) is 5.37. The van der Waals surface area contributed by atoms with E-state index in [2.05, 4.69) is 30.1 Å². The number of halogens is 1. The highest BCUT2D eigenvalue weighted by Crippen LogP contribution is 2.42. The predicted molar refractivity (Wildman–Crippen MR) is 145 cm³/mol. The molecule has 6 heteroatoms. The topological polar surface area (TPSA) is 57.6 Å². The highest BCUT2D eigenvalue weighted by molar-refractivity contribution is 6.31. The molecule has 1 heterocycles. The number of anilines is 2. The molecule has 0 atom stereocenters. The fourth-order valence-electron chi connectivity index (χ4n) is 5.20. The zero-order valence-electron chi connectivity index (χ0n) is 20.6. The highest BCUT2D eigenvalue weighted by atomic mass is 35.5. The molecule has 0 aliphatic heterocycles. The van der Waals surface area contributed by atoms with Gasteiger partial charge in [0.25, 0.3) is 0 Å². The molecule has 5 rings (SSSR count). The lowest BCUT2D eigenvalue weighted by molar-refractivity contribution is 0.290. The minimum absolute atomic E-state index is 0.468. The Morgan fingerprint density at radius 2 is 1.74 bits per heavy atom. The van der Waals surface area contributed by atoms with Gasteiger partial charge in [0.2, 0.25) is 0 Å². The van der Waals surface area contributed by atoms with Gasteiger partial charge in [-0.2, -0.15) is 0 Å². The second kappa shape index (κ2) is 9.92. The Kier molecular flexibility index (Phi) is 6.72. The number of hydrogen-bond donors (Lipinski definition) is 2. The average molecular weight is 490 g/mol. The van der Waals surface area contributed by atoms with Crippen molar-refractivity contribution in [2.45, 2.75) is 46.1 Å². The highest BCUT2D eigenvalue weighted by Gasteiger charge is 2.22. The maximum atomic E-state index is 11.2. The van der Waals surface area contributed by atoms with E-state index in [4.69, 9.17) is 21.3 Å². The number of rotatable bonds is 7. The van der Waals surface area contributed by atoms with Gasteiger partial charge in [-0.3, -0.25) is 4.90 Å². The van der Waals surface area contributed by atoms with Gasteiger partial charge in [-0.15, -0.1) is 0 Å². The number of hydrogen-bond acceptors (Lipinski definition) is 5. The second-order valence-corrected chi connectivity index (χ2v) is 9.65. The van der Waals surface area contributed by atoms with Crippen molar-refractivity contribution < 1.29 is 9.84 Å². The average Bonchev–Trinajstić information content (AvgIpc) is 2.88. The first-order valence-corrected chi connectivity index (χ1v) is 12.8. The number of pyridine rings is 1. The van der Waals surface area contributed by atoms with Gasteiger partial charge in [0.15, 0.2) is 0 Å². The first kappa shape index (κ1) is 23.7. The summed E-state index contributed by atoms with van der Waals surface area (Å²) in [5.41, 5.74) is 7.03. The normalized spacial score (nSPS) is 13.4. The molecular formula is C29H32ClN3O2. The Morgan fingerprint density at radius 3 is 2.49 bits per heavy atom. The minimum atomic E-state index is 0.468. The third kappa shape index (κ3) is 4.51. The van der Waals surface area contributed by atoms with E-state index >= 15 is 0 Å². The number of nitrogens with one attached hydrogen (secondary N) is 1. The molecule has 0 radical (unpaired) electrons. The largest absolute Gasteiger partial charge is 0.507 e. The van der Waals surface area contributed by atoms with Crippen LogP contribution in [-0.2, 0) is 19.4 Å². The summed E-state index contributed by atoms with van der Waals surface area (Å²) in [5, 5.41) is 17.7. The second-order valence-electron chi connectivity index (χ2n) is 9.21. The summed E-state index contributed by atoms with van der Waals surface area (Å²) in [6.45, 7) is 6.92. The summed E-state index contributed by atoms with van der Waals surface area (Å²) in [6.07, 6.45) is 4.08. The maximum absolute atomic E-state index is 11.2. The Morgan fingerprint density at radius 1 is 0.971 bits per heavy atom. The van der Waals surface area contributed by atoms with E-state index in [0.717, 1.165) is 95.4 Å². The number of benzene rings is 3. The molecule has 1 aromatic heterocycles. The quantitative estimate of drug-likeness (QED) is 0.212. The molecule has 0 bridgehead atoms. The summed E-state index contributed by atoms with van der Waals surface area (Å²) < 4.78 is 5.54. The monoisotopic (exact) mass is 489 g/mol. The van der Waals surface area contributed by atoms with Crippen LogP contribution in [0.1, 0.15) is 43.4 Å². The van der Waals surface area contributed by atoms with E-state index in [9.17, 15) is 5.11 Å². The van der Waals surface area contributed by atoms with Gasteiger partial charge in [-0.25, -0.2) is 4.98 Å². The lowest BCUT2D eigenvalue weighted by Crippen LogP contribution is -2.22. The van der Waals surface area contributed by atoms with Crippen LogP contribution in [0.15, 0.2) is 42.5 Å². The Hall–Kier alpha value is -3.02. The molecule has 3 aromatic carbocycles. The van der Waals surface area contributed by atoms with Crippen LogP contribution >= 0.6 is 11.6 Å². The number of ether oxygens (including phenoxy) is 1. The molecular weight excluding hydrogens is 458 g/mol. The van der Waals surface area contributed by atoms with Crippen LogP contribution in [0.4, 0.5) is 11.4 Å². The molecule has 0 spiro atoms. The van der Waals surface area contributed by atoms with Crippen LogP contribution in [0.5, 0.6) is 11.5 Å². The van der Waals surface area contributed by atoms with Crippen molar-refractivity contribution in [1.82, 2.24) is 9.88 Å². The summed E-state index contributed by atoms with van der Waals surface area (Å²) >= 11 is 6.33. The van der Waals surface area contributed by atoms with E-state index in [1.54, 1.807) is 7.11 Å². The molecule has 0 saturated carbocycles. The summed E-state index contributed by atoms with van der Waals surface area (Å²) in [4.78, 5) is 7.20. The van der Waals surface area contributed by atoms with Crippen LogP contribution in [0.25, 0.3) is 21.8 Å².